The van der Waals surface area contributed by atoms with Gasteiger partial charge in [0.1, 0.15) is 54.9 Å². The van der Waals surface area contributed by atoms with Crippen LogP contribution in [0.15, 0.2) is 0 Å². The molecule has 3 heterocycles. The van der Waals surface area contributed by atoms with Crippen molar-refractivity contribution in [3.05, 3.63) is 0 Å². The van der Waals surface area contributed by atoms with E-state index < -0.39 is 79.9 Å². The normalized spacial score (nSPS) is 54.3. The lowest BCUT2D eigenvalue weighted by Crippen LogP contribution is -2.64. The molecule has 0 aromatic rings. The summed E-state index contributed by atoms with van der Waals surface area (Å²) < 4.78 is 26.5. The van der Waals surface area contributed by atoms with Crippen molar-refractivity contribution in [3.8, 4) is 0 Å². The predicted octanol–water partition coefficient (Wildman–Crippen LogP) is -5.27. The van der Waals surface area contributed by atoms with E-state index in [0.29, 0.717) is 0 Å². The highest BCUT2D eigenvalue weighted by molar-refractivity contribution is 4.92. The summed E-state index contributed by atoms with van der Waals surface area (Å²) in [6, 6.07) is 0. The Morgan fingerprint density at radius 2 is 1.21 bits per heavy atom. The summed E-state index contributed by atoms with van der Waals surface area (Å²) in [5.74, 6) is 0. The molecule has 13 atom stereocenters. The smallest absolute Gasteiger partial charge is 0.187 e. The minimum atomic E-state index is -1.68. The highest BCUT2D eigenvalue weighted by Crippen LogP contribution is 2.30. The Balaban J connectivity index is 1.76. The van der Waals surface area contributed by atoms with E-state index in [9.17, 15) is 40.9 Å². The number of hydrogen-bond acceptors (Lipinski definition) is 13. The van der Waals surface area contributed by atoms with E-state index in [0.717, 1.165) is 0 Å². The van der Waals surface area contributed by atoms with Crippen molar-refractivity contribution in [2.75, 3.05) is 13.2 Å². The predicted molar refractivity (Wildman–Crippen MR) is 87.8 cm³/mol. The van der Waals surface area contributed by atoms with Gasteiger partial charge in [-0.05, 0) is 6.92 Å². The van der Waals surface area contributed by atoms with Crippen molar-refractivity contribution < 1.29 is 64.5 Å². The molecule has 170 valence electrons. The topological polar surface area (TPSA) is 208 Å². The Kier molecular flexibility index (Phi) is 7.44. The van der Waals surface area contributed by atoms with E-state index in [-0.39, 0.29) is 13.2 Å². The summed E-state index contributed by atoms with van der Waals surface area (Å²) in [7, 11) is 0. The van der Waals surface area contributed by atoms with Crippen LogP contribution in [0.3, 0.4) is 0 Å². The molecule has 0 spiro atoms. The molecule has 29 heavy (non-hydrogen) atoms. The zero-order chi connectivity index (χ0) is 21.5. The first-order chi connectivity index (χ1) is 13.6. The third-order valence-electron chi connectivity index (χ3n) is 5.27. The van der Waals surface area contributed by atoms with Gasteiger partial charge in [-0.2, -0.15) is 0 Å². The standard InChI is InChI=1S/C16H28O13/c1-4-7(19)10(22)13(29-15-11(23)8(20)5(17)3-26-15)16(27-4)28-12-9(21)6(18)2-25-14(12)24/h4-24H,2-3H2,1H3/t4-,5+,6-,7-,8-,9-,10+,11+,12+,13+,14+,15-,16-/m0/s1. The van der Waals surface area contributed by atoms with Crippen molar-refractivity contribution >= 4 is 0 Å². The van der Waals surface area contributed by atoms with Gasteiger partial charge in [-0.3, -0.25) is 0 Å². The van der Waals surface area contributed by atoms with E-state index in [1.165, 1.54) is 6.92 Å². The van der Waals surface area contributed by atoms with Gasteiger partial charge in [0.15, 0.2) is 18.9 Å². The second kappa shape index (κ2) is 9.32. The Morgan fingerprint density at radius 3 is 1.90 bits per heavy atom. The third-order valence-corrected chi connectivity index (χ3v) is 5.27. The number of aliphatic hydroxyl groups excluding tert-OH is 8. The Labute approximate surface area is 165 Å². The molecule has 3 aliphatic heterocycles. The summed E-state index contributed by atoms with van der Waals surface area (Å²) in [5, 5.41) is 79.7. The second-order valence-electron chi connectivity index (χ2n) is 7.42. The largest absolute Gasteiger partial charge is 0.388 e. The minimum absolute atomic E-state index is 0.326. The van der Waals surface area contributed by atoms with Crippen LogP contribution >= 0.6 is 0 Å². The summed E-state index contributed by atoms with van der Waals surface area (Å²) in [4.78, 5) is 0. The molecule has 3 saturated heterocycles. The number of ether oxygens (including phenoxy) is 5. The van der Waals surface area contributed by atoms with Crippen LogP contribution in [-0.2, 0) is 23.7 Å². The van der Waals surface area contributed by atoms with Gasteiger partial charge in [-0.1, -0.05) is 0 Å². The molecular weight excluding hydrogens is 400 g/mol. The van der Waals surface area contributed by atoms with Crippen LogP contribution in [0, 0.1) is 0 Å². The van der Waals surface area contributed by atoms with Gasteiger partial charge in [-0.15, -0.1) is 0 Å². The third kappa shape index (κ3) is 4.72. The van der Waals surface area contributed by atoms with E-state index >= 15 is 0 Å². The molecular formula is C16H28O13. The molecule has 0 bridgehead atoms. The molecule has 0 saturated carbocycles. The van der Waals surface area contributed by atoms with Crippen molar-refractivity contribution in [1.82, 2.24) is 0 Å². The molecule has 0 aromatic heterocycles. The van der Waals surface area contributed by atoms with Crippen molar-refractivity contribution in [3.63, 3.8) is 0 Å². The van der Waals surface area contributed by atoms with Crippen molar-refractivity contribution in [1.29, 1.82) is 0 Å². The van der Waals surface area contributed by atoms with E-state index in [4.69, 9.17) is 23.7 Å². The van der Waals surface area contributed by atoms with Gasteiger partial charge in [-0.25, -0.2) is 0 Å². The zero-order valence-electron chi connectivity index (χ0n) is 15.5. The van der Waals surface area contributed by atoms with Crippen LogP contribution in [0.5, 0.6) is 0 Å². The average Bonchev–Trinajstić information content (AvgIpc) is 2.69. The van der Waals surface area contributed by atoms with Crippen LogP contribution < -0.4 is 0 Å². The lowest BCUT2D eigenvalue weighted by molar-refractivity contribution is -0.378. The van der Waals surface area contributed by atoms with Gasteiger partial charge >= 0.3 is 0 Å². The molecule has 13 nitrogen and oxygen atoms in total. The van der Waals surface area contributed by atoms with Gasteiger partial charge in [0, 0.05) is 0 Å². The van der Waals surface area contributed by atoms with Crippen molar-refractivity contribution in [2.45, 2.75) is 86.8 Å². The maximum atomic E-state index is 10.4. The lowest BCUT2D eigenvalue weighted by atomic mass is 9.98. The SMILES string of the molecule is C[C@@H]1O[C@@H](O[C@@H]2[C@@H](O)[C@@H](O)CO[C@H]2O)[C@H](O[C@@H]2OC[C@@H](O)[C@H](O)[C@H]2O)[C@H](O)[C@H]1O. The summed E-state index contributed by atoms with van der Waals surface area (Å²) >= 11 is 0. The molecule has 0 amide bonds. The summed E-state index contributed by atoms with van der Waals surface area (Å²) in [5.41, 5.74) is 0. The highest BCUT2D eigenvalue weighted by atomic mass is 16.8. The fourth-order valence-corrected chi connectivity index (χ4v) is 3.39. The monoisotopic (exact) mass is 428 g/mol. The molecule has 0 aromatic carbocycles. The van der Waals surface area contributed by atoms with Gasteiger partial charge in [0.25, 0.3) is 0 Å². The molecule has 0 radical (unpaired) electrons. The fraction of sp³-hybridized carbons (Fsp3) is 1.00. The van der Waals surface area contributed by atoms with Crippen LogP contribution in [0.1, 0.15) is 6.92 Å². The molecule has 0 aliphatic carbocycles. The molecule has 8 N–H and O–H groups in total. The minimum Gasteiger partial charge on any atom is -0.388 e. The second-order valence-corrected chi connectivity index (χ2v) is 7.42. The van der Waals surface area contributed by atoms with Gasteiger partial charge in [0.2, 0.25) is 0 Å². The Morgan fingerprint density at radius 1 is 0.621 bits per heavy atom. The van der Waals surface area contributed by atoms with E-state index in [2.05, 4.69) is 0 Å². The molecule has 0 unspecified atom stereocenters. The first kappa shape index (κ1) is 23.1. The molecule has 3 fully saturated rings. The quantitative estimate of drug-likeness (QED) is 0.211. The number of rotatable bonds is 4. The van der Waals surface area contributed by atoms with E-state index in [1.807, 2.05) is 0 Å². The van der Waals surface area contributed by atoms with Gasteiger partial charge in [0.05, 0.1) is 19.3 Å². The van der Waals surface area contributed by atoms with E-state index in [1.54, 1.807) is 0 Å². The maximum Gasteiger partial charge on any atom is 0.187 e. The average molecular weight is 428 g/mol. The van der Waals surface area contributed by atoms with Gasteiger partial charge < -0.3 is 64.5 Å². The van der Waals surface area contributed by atoms with Crippen LogP contribution in [0.25, 0.3) is 0 Å². The summed E-state index contributed by atoms with van der Waals surface area (Å²) in [6.07, 6.45) is -19.1. The maximum absolute atomic E-state index is 10.4. The van der Waals surface area contributed by atoms with Crippen LogP contribution in [0.2, 0.25) is 0 Å². The number of hydrogen-bond donors (Lipinski definition) is 8. The highest BCUT2D eigenvalue weighted by Gasteiger charge is 2.51. The molecule has 3 aliphatic rings. The molecule has 13 heteroatoms. The summed E-state index contributed by atoms with van der Waals surface area (Å²) in [6.45, 7) is 0.746. The Hall–Kier alpha value is -0.520. The Bertz CT molecular complexity index is 537. The van der Waals surface area contributed by atoms with Crippen molar-refractivity contribution in [2.24, 2.45) is 0 Å². The first-order valence-corrected chi connectivity index (χ1v) is 9.26. The molecule has 3 rings (SSSR count). The fourth-order valence-electron chi connectivity index (χ4n) is 3.39. The van der Waals surface area contributed by atoms with Crippen LogP contribution in [-0.4, -0.2) is 134 Å². The first-order valence-electron chi connectivity index (χ1n) is 9.26. The lowest BCUT2D eigenvalue weighted by Gasteiger charge is -2.46. The van der Waals surface area contributed by atoms with Crippen LogP contribution in [0.4, 0.5) is 0 Å². The zero-order valence-corrected chi connectivity index (χ0v) is 15.5. The number of aliphatic hydroxyl groups is 8.